The first-order valence-electron chi connectivity index (χ1n) is 9.86. The first-order valence-corrected chi connectivity index (χ1v) is 9.86. The molecule has 0 amide bonds. The van der Waals surface area contributed by atoms with Crippen LogP contribution in [-0.4, -0.2) is 19.2 Å². The Balaban J connectivity index is 1.60. The first kappa shape index (κ1) is 16.9. The number of rotatable bonds is 2. The number of esters is 1. The predicted octanol–water partition coefficient (Wildman–Crippen LogP) is 4.87. The van der Waals surface area contributed by atoms with Gasteiger partial charge in [0.1, 0.15) is 11.9 Å². The third kappa shape index (κ3) is 2.76. The Labute approximate surface area is 151 Å². The molecular weight excluding hydrogens is 312 g/mol. The van der Waals surface area contributed by atoms with Crippen LogP contribution in [0.4, 0.5) is 0 Å². The highest BCUT2D eigenvalue weighted by atomic mass is 16.5. The van der Waals surface area contributed by atoms with Gasteiger partial charge in [-0.3, -0.25) is 4.79 Å². The lowest BCUT2D eigenvalue weighted by molar-refractivity contribution is -0.153. The molecule has 4 rings (SSSR count). The van der Waals surface area contributed by atoms with Crippen LogP contribution in [0.5, 0.6) is 5.75 Å². The number of hydrogen-bond acceptors (Lipinski definition) is 3. The number of methoxy groups -OCH3 is 1. The minimum Gasteiger partial charge on any atom is -0.496 e. The molecule has 0 radical (unpaired) electrons. The Morgan fingerprint density at radius 2 is 2.04 bits per heavy atom. The maximum Gasteiger partial charge on any atom is 0.302 e. The van der Waals surface area contributed by atoms with Crippen LogP contribution in [0, 0.1) is 17.3 Å². The average Bonchev–Trinajstić information content (AvgIpc) is 2.60. The zero-order valence-corrected chi connectivity index (χ0v) is 15.7. The zero-order chi connectivity index (χ0) is 17.6. The molecule has 2 fully saturated rings. The summed E-state index contributed by atoms with van der Waals surface area (Å²) in [5.41, 5.74) is 3.37. The Hall–Kier alpha value is -1.51. The Bertz CT molecular complexity index is 667. The van der Waals surface area contributed by atoms with E-state index in [0.717, 1.165) is 30.9 Å². The molecule has 3 nitrogen and oxygen atoms in total. The summed E-state index contributed by atoms with van der Waals surface area (Å²) in [6, 6.07) is 6.60. The van der Waals surface area contributed by atoms with Gasteiger partial charge >= 0.3 is 5.97 Å². The van der Waals surface area contributed by atoms with Crippen LogP contribution in [0.15, 0.2) is 18.2 Å². The Kier molecular flexibility index (Phi) is 4.29. The lowest BCUT2D eigenvalue weighted by Gasteiger charge is -2.56. The SMILES string of the molecule is COc1cccc2c1CC[C@@H]1[C@@H]2CC[C@@H]2C[C@@H](OC(C)=O)CC[C@]21C. The summed E-state index contributed by atoms with van der Waals surface area (Å²) in [6.07, 6.45) is 8.34. The van der Waals surface area contributed by atoms with Crippen LogP contribution < -0.4 is 4.74 Å². The molecule has 25 heavy (non-hydrogen) atoms. The third-order valence-electron chi connectivity index (χ3n) is 7.47. The molecule has 1 aromatic rings. The fraction of sp³-hybridized carbons (Fsp3) is 0.682. The van der Waals surface area contributed by atoms with E-state index in [9.17, 15) is 4.79 Å². The number of carbonyl (C=O) groups excluding carboxylic acids is 1. The predicted molar refractivity (Wildman–Crippen MR) is 97.8 cm³/mol. The first-order chi connectivity index (χ1) is 12.0. The lowest BCUT2D eigenvalue weighted by atomic mass is 9.49. The summed E-state index contributed by atoms with van der Waals surface area (Å²) in [4.78, 5) is 11.3. The molecule has 2 saturated carbocycles. The molecule has 3 aliphatic carbocycles. The highest BCUT2D eigenvalue weighted by molar-refractivity contribution is 5.66. The molecule has 0 bridgehead atoms. The van der Waals surface area contributed by atoms with Gasteiger partial charge in [-0.1, -0.05) is 19.1 Å². The van der Waals surface area contributed by atoms with Crippen molar-refractivity contribution in [3.8, 4) is 5.75 Å². The molecule has 0 spiro atoms. The summed E-state index contributed by atoms with van der Waals surface area (Å²) in [6.45, 7) is 4.06. The van der Waals surface area contributed by atoms with Crippen LogP contribution in [0.1, 0.15) is 69.4 Å². The van der Waals surface area contributed by atoms with Gasteiger partial charge in [0, 0.05) is 6.92 Å². The monoisotopic (exact) mass is 342 g/mol. The van der Waals surface area contributed by atoms with Gasteiger partial charge in [-0.15, -0.1) is 0 Å². The van der Waals surface area contributed by atoms with Crippen LogP contribution >= 0.6 is 0 Å². The highest BCUT2D eigenvalue weighted by Gasteiger charge is 2.52. The van der Waals surface area contributed by atoms with Gasteiger partial charge in [-0.2, -0.15) is 0 Å². The molecule has 3 aliphatic rings. The van der Waals surface area contributed by atoms with Gasteiger partial charge in [0.2, 0.25) is 0 Å². The van der Waals surface area contributed by atoms with E-state index in [1.807, 2.05) is 0 Å². The van der Waals surface area contributed by atoms with Crippen molar-refractivity contribution in [3.63, 3.8) is 0 Å². The summed E-state index contributed by atoms with van der Waals surface area (Å²) in [7, 11) is 1.79. The van der Waals surface area contributed by atoms with E-state index >= 15 is 0 Å². The van der Waals surface area contributed by atoms with Crippen LogP contribution in [0.3, 0.4) is 0 Å². The quantitative estimate of drug-likeness (QED) is 0.719. The number of carbonyl (C=O) groups is 1. The molecular formula is C22H30O3. The lowest BCUT2D eigenvalue weighted by Crippen LogP contribution is -2.49. The number of benzene rings is 1. The van der Waals surface area contributed by atoms with E-state index < -0.39 is 0 Å². The molecule has 136 valence electrons. The van der Waals surface area contributed by atoms with Crippen molar-refractivity contribution in [1.29, 1.82) is 0 Å². The van der Waals surface area contributed by atoms with Crippen molar-refractivity contribution < 1.29 is 14.3 Å². The number of ether oxygens (including phenoxy) is 2. The van der Waals surface area contributed by atoms with E-state index in [1.54, 1.807) is 7.11 Å². The van der Waals surface area contributed by atoms with Crippen molar-refractivity contribution in [3.05, 3.63) is 29.3 Å². The summed E-state index contributed by atoms with van der Waals surface area (Å²) in [5.74, 6) is 3.07. The van der Waals surface area contributed by atoms with E-state index in [0.29, 0.717) is 17.3 Å². The second-order valence-corrected chi connectivity index (χ2v) is 8.57. The fourth-order valence-corrected chi connectivity index (χ4v) is 6.29. The molecule has 5 atom stereocenters. The third-order valence-corrected chi connectivity index (χ3v) is 7.47. The smallest absolute Gasteiger partial charge is 0.302 e. The van der Waals surface area contributed by atoms with Gasteiger partial charge < -0.3 is 9.47 Å². The summed E-state index contributed by atoms with van der Waals surface area (Å²) in [5, 5.41) is 0. The normalized spacial score (nSPS) is 36.6. The maximum atomic E-state index is 11.3. The zero-order valence-electron chi connectivity index (χ0n) is 15.7. The van der Waals surface area contributed by atoms with E-state index in [2.05, 4.69) is 25.1 Å². The van der Waals surface area contributed by atoms with Crippen LogP contribution in [-0.2, 0) is 16.0 Å². The van der Waals surface area contributed by atoms with Crippen LogP contribution in [0.2, 0.25) is 0 Å². The molecule has 1 aromatic carbocycles. The van der Waals surface area contributed by atoms with Crippen LogP contribution in [0.25, 0.3) is 0 Å². The number of hydrogen-bond donors (Lipinski definition) is 0. The standard InChI is InChI=1S/C22H30O3/c1-14(23)25-16-11-12-22(2)15(13-16)7-8-18-17-5-4-6-21(24-3)19(17)9-10-20(18)22/h4-6,15-16,18,20H,7-13H2,1-3H3/t15-,16+,18-,20-,22-/m1/s1. The number of fused-ring (bicyclic) bond motifs is 5. The van der Waals surface area contributed by atoms with E-state index in [4.69, 9.17) is 9.47 Å². The molecule has 0 unspecified atom stereocenters. The van der Waals surface area contributed by atoms with Gasteiger partial charge in [0.15, 0.2) is 0 Å². The van der Waals surface area contributed by atoms with Gasteiger partial charge in [-0.25, -0.2) is 0 Å². The topological polar surface area (TPSA) is 35.5 Å². The largest absolute Gasteiger partial charge is 0.496 e. The minimum atomic E-state index is -0.124. The molecule has 0 N–H and O–H groups in total. The molecule has 0 heterocycles. The van der Waals surface area contributed by atoms with Crippen molar-refractivity contribution in [2.75, 3.05) is 7.11 Å². The minimum absolute atomic E-state index is 0.124. The molecule has 0 aliphatic heterocycles. The maximum absolute atomic E-state index is 11.3. The Morgan fingerprint density at radius 3 is 2.80 bits per heavy atom. The van der Waals surface area contributed by atoms with Crippen molar-refractivity contribution >= 4 is 5.97 Å². The molecule has 0 aromatic heterocycles. The van der Waals surface area contributed by atoms with Gasteiger partial charge in [0.05, 0.1) is 7.11 Å². The van der Waals surface area contributed by atoms with Crippen molar-refractivity contribution in [2.45, 2.75) is 70.8 Å². The van der Waals surface area contributed by atoms with Crippen molar-refractivity contribution in [2.24, 2.45) is 17.3 Å². The van der Waals surface area contributed by atoms with E-state index in [1.165, 1.54) is 43.7 Å². The second kappa shape index (κ2) is 6.34. The average molecular weight is 342 g/mol. The molecule has 0 saturated heterocycles. The van der Waals surface area contributed by atoms with Gasteiger partial charge in [0.25, 0.3) is 0 Å². The van der Waals surface area contributed by atoms with Crippen molar-refractivity contribution in [1.82, 2.24) is 0 Å². The van der Waals surface area contributed by atoms with E-state index in [-0.39, 0.29) is 12.1 Å². The second-order valence-electron chi connectivity index (χ2n) is 8.57. The summed E-state index contributed by atoms with van der Waals surface area (Å²) < 4.78 is 11.2. The van der Waals surface area contributed by atoms with Gasteiger partial charge in [-0.05, 0) is 85.3 Å². The Morgan fingerprint density at radius 1 is 1.20 bits per heavy atom. The highest BCUT2D eigenvalue weighted by Crippen LogP contribution is 2.61. The summed E-state index contributed by atoms with van der Waals surface area (Å²) >= 11 is 0. The molecule has 3 heteroatoms. The fourth-order valence-electron chi connectivity index (χ4n) is 6.29.